The fraction of sp³-hybridized carbons (Fsp3) is 0.261. The van der Waals surface area contributed by atoms with E-state index in [4.69, 9.17) is 4.74 Å². The molecule has 0 N–H and O–H groups in total. The predicted octanol–water partition coefficient (Wildman–Crippen LogP) is 3.27. The van der Waals surface area contributed by atoms with Crippen molar-refractivity contribution in [2.45, 2.75) is 33.2 Å². The summed E-state index contributed by atoms with van der Waals surface area (Å²) in [6, 6.07) is 17.2. The molecule has 0 spiro atoms. The minimum atomic E-state index is -0.242. The number of methoxy groups -OCH3 is 1. The Morgan fingerprint density at radius 3 is 2.46 bits per heavy atom. The Hall–Kier alpha value is -3.21. The van der Waals surface area contributed by atoms with E-state index in [9.17, 15) is 9.59 Å². The largest absolute Gasteiger partial charge is 0.496 e. The van der Waals surface area contributed by atoms with Crippen LogP contribution in [0.3, 0.4) is 0 Å². The van der Waals surface area contributed by atoms with E-state index in [0.717, 1.165) is 22.4 Å². The number of aromatic nitrogens is 2. The molecule has 0 aliphatic carbocycles. The molecule has 0 fully saturated rings. The molecular weight excluding hydrogens is 352 g/mol. The van der Waals surface area contributed by atoms with Crippen LogP contribution in [-0.4, -0.2) is 22.7 Å². The predicted molar refractivity (Wildman–Crippen MR) is 109 cm³/mol. The van der Waals surface area contributed by atoms with Crippen LogP contribution in [0.1, 0.15) is 27.9 Å². The highest BCUT2D eigenvalue weighted by molar-refractivity contribution is 5.80. The monoisotopic (exact) mass is 376 g/mol. The van der Waals surface area contributed by atoms with Crippen LogP contribution in [0.25, 0.3) is 0 Å². The van der Waals surface area contributed by atoms with Gasteiger partial charge in [0.2, 0.25) is 0 Å². The van der Waals surface area contributed by atoms with Gasteiger partial charge < -0.3 is 4.74 Å². The number of carbonyl (C=O) groups is 1. The van der Waals surface area contributed by atoms with Crippen LogP contribution in [0.4, 0.5) is 0 Å². The lowest BCUT2D eigenvalue weighted by Gasteiger charge is -2.11. The van der Waals surface area contributed by atoms with Gasteiger partial charge in [-0.15, -0.1) is 0 Å². The van der Waals surface area contributed by atoms with Crippen LogP contribution < -0.4 is 10.3 Å². The number of ketones is 1. The van der Waals surface area contributed by atoms with Crippen LogP contribution in [0, 0.1) is 13.8 Å². The highest BCUT2D eigenvalue weighted by atomic mass is 16.5. The number of hydrogen-bond acceptors (Lipinski definition) is 4. The molecule has 0 atom stereocenters. The SMILES string of the molecule is COc1ccccc1Cc1cc(C)nn(CC(=O)Cc2ccc(C)cc2)c1=O. The van der Waals surface area contributed by atoms with Crippen LogP contribution in [0.5, 0.6) is 5.75 Å². The van der Waals surface area contributed by atoms with Crippen LogP contribution in [-0.2, 0) is 24.2 Å². The minimum Gasteiger partial charge on any atom is -0.496 e. The maximum atomic E-state index is 12.9. The highest BCUT2D eigenvalue weighted by Gasteiger charge is 2.13. The number of Topliss-reactive ketones (excluding diaryl/α,β-unsaturated/α-hetero) is 1. The van der Waals surface area contributed by atoms with Gasteiger partial charge in [-0.25, -0.2) is 4.68 Å². The molecule has 0 aliphatic heterocycles. The summed E-state index contributed by atoms with van der Waals surface area (Å²) in [6.45, 7) is 3.80. The lowest BCUT2D eigenvalue weighted by Crippen LogP contribution is -2.30. The first-order valence-electron chi connectivity index (χ1n) is 9.23. The molecule has 0 unspecified atom stereocenters. The second kappa shape index (κ2) is 8.65. The van der Waals surface area contributed by atoms with Gasteiger partial charge in [0, 0.05) is 18.4 Å². The summed E-state index contributed by atoms with van der Waals surface area (Å²) < 4.78 is 6.65. The van der Waals surface area contributed by atoms with Crippen molar-refractivity contribution < 1.29 is 9.53 Å². The van der Waals surface area contributed by atoms with Crippen molar-refractivity contribution >= 4 is 5.78 Å². The Morgan fingerprint density at radius 1 is 1.04 bits per heavy atom. The molecular formula is C23H24N2O3. The number of nitrogens with zero attached hydrogens (tertiary/aromatic N) is 2. The molecule has 1 aromatic heterocycles. The van der Waals surface area contributed by atoms with E-state index in [0.29, 0.717) is 17.7 Å². The van der Waals surface area contributed by atoms with E-state index in [1.807, 2.05) is 62.4 Å². The smallest absolute Gasteiger partial charge is 0.270 e. The van der Waals surface area contributed by atoms with E-state index in [2.05, 4.69) is 5.10 Å². The second-order valence-electron chi connectivity index (χ2n) is 6.96. The van der Waals surface area contributed by atoms with Crippen molar-refractivity contribution in [1.29, 1.82) is 0 Å². The zero-order valence-electron chi connectivity index (χ0n) is 16.4. The molecule has 1 heterocycles. The van der Waals surface area contributed by atoms with Gasteiger partial charge in [-0.3, -0.25) is 9.59 Å². The molecule has 144 valence electrons. The standard InChI is InChI=1S/C23H24N2O3/c1-16-8-10-18(11-9-16)13-21(26)15-25-23(27)20(12-17(2)24-25)14-19-6-4-5-7-22(19)28-3/h4-12H,13-15H2,1-3H3. The van der Waals surface area contributed by atoms with Gasteiger partial charge in [0.1, 0.15) is 12.3 Å². The van der Waals surface area contributed by atoms with Gasteiger partial charge in [-0.1, -0.05) is 48.0 Å². The third kappa shape index (κ3) is 4.74. The second-order valence-corrected chi connectivity index (χ2v) is 6.96. The van der Waals surface area contributed by atoms with Crippen molar-refractivity contribution in [3.63, 3.8) is 0 Å². The first kappa shape index (κ1) is 19.5. The van der Waals surface area contributed by atoms with Crippen molar-refractivity contribution in [3.05, 3.63) is 92.9 Å². The first-order valence-corrected chi connectivity index (χ1v) is 9.23. The summed E-state index contributed by atoms with van der Waals surface area (Å²) in [4.78, 5) is 25.3. The van der Waals surface area contributed by atoms with Crippen molar-refractivity contribution in [1.82, 2.24) is 9.78 Å². The molecule has 3 aromatic rings. The van der Waals surface area contributed by atoms with Crippen LogP contribution in [0.2, 0.25) is 0 Å². The van der Waals surface area contributed by atoms with Crippen LogP contribution >= 0.6 is 0 Å². The molecule has 5 nitrogen and oxygen atoms in total. The number of ether oxygens (including phenoxy) is 1. The summed E-state index contributed by atoms with van der Waals surface area (Å²) in [5.41, 5.74) is 4.06. The number of para-hydroxylation sites is 1. The molecule has 0 bridgehead atoms. The maximum Gasteiger partial charge on any atom is 0.270 e. The third-order valence-corrected chi connectivity index (χ3v) is 4.59. The molecule has 0 saturated heterocycles. The van der Waals surface area contributed by atoms with Crippen LogP contribution in [0.15, 0.2) is 59.4 Å². The van der Waals surface area contributed by atoms with Gasteiger partial charge in [0.15, 0.2) is 5.78 Å². The minimum absolute atomic E-state index is 0.0344. The Balaban J connectivity index is 1.81. The van der Waals surface area contributed by atoms with Gasteiger partial charge >= 0.3 is 0 Å². The first-order chi connectivity index (χ1) is 13.5. The lowest BCUT2D eigenvalue weighted by molar-refractivity contribution is -0.119. The molecule has 0 radical (unpaired) electrons. The molecule has 28 heavy (non-hydrogen) atoms. The summed E-state index contributed by atoms with van der Waals surface area (Å²) >= 11 is 0. The number of rotatable bonds is 7. The van der Waals surface area contributed by atoms with E-state index in [-0.39, 0.29) is 24.3 Å². The molecule has 0 amide bonds. The average molecular weight is 376 g/mol. The Morgan fingerprint density at radius 2 is 1.75 bits per heavy atom. The lowest BCUT2D eigenvalue weighted by atomic mass is 10.0. The number of carbonyl (C=O) groups excluding carboxylic acids is 1. The molecule has 2 aromatic carbocycles. The van der Waals surface area contributed by atoms with Crippen molar-refractivity contribution in [3.8, 4) is 5.75 Å². The highest BCUT2D eigenvalue weighted by Crippen LogP contribution is 2.19. The maximum absolute atomic E-state index is 12.9. The number of hydrogen-bond donors (Lipinski definition) is 0. The summed E-state index contributed by atoms with van der Waals surface area (Å²) in [7, 11) is 1.61. The van der Waals surface area contributed by atoms with Gasteiger partial charge in [0.05, 0.1) is 12.8 Å². The normalized spacial score (nSPS) is 10.7. The number of benzene rings is 2. The summed E-state index contributed by atoms with van der Waals surface area (Å²) in [5, 5.41) is 4.27. The quantitative estimate of drug-likeness (QED) is 0.635. The number of aryl methyl sites for hydroxylation is 2. The molecule has 0 saturated carbocycles. The van der Waals surface area contributed by atoms with E-state index in [1.165, 1.54) is 4.68 Å². The topological polar surface area (TPSA) is 61.2 Å². The van der Waals surface area contributed by atoms with Crippen molar-refractivity contribution in [2.24, 2.45) is 0 Å². The summed E-state index contributed by atoms with van der Waals surface area (Å²) in [5.74, 6) is 0.686. The Bertz CT molecular complexity index is 1040. The average Bonchev–Trinajstić information content (AvgIpc) is 2.67. The molecule has 3 rings (SSSR count). The zero-order valence-corrected chi connectivity index (χ0v) is 16.4. The molecule has 0 aliphatic rings. The Kier molecular flexibility index (Phi) is 6.04. The Labute approximate surface area is 164 Å². The van der Waals surface area contributed by atoms with Gasteiger partial charge in [-0.2, -0.15) is 5.10 Å². The van der Waals surface area contributed by atoms with Gasteiger partial charge in [0.25, 0.3) is 5.56 Å². The van der Waals surface area contributed by atoms with E-state index in [1.54, 1.807) is 13.2 Å². The fourth-order valence-electron chi connectivity index (χ4n) is 3.19. The fourth-order valence-corrected chi connectivity index (χ4v) is 3.19. The van der Waals surface area contributed by atoms with Gasteiger partial charge in [-0.05, 0) is 37.1 Å². The summed E-state index contributed by atoms with van der Waals surface area (Å²) in [6.07, 6.45) is 0.711. The van der Waals surface area contributed by atoms with Crippen molar-refractivity contribution in [2.75, 3.05) is 7.11 Å². The molecule has 5 heteroatoms. The van der Waals surface area contributed by atoms with E-state index < -0.39 is 0 Å². The van der Waals surface area contributed by atoms with E-state index >= 15 is 0 Å². The third-order valence-electron chi connectivity index (χ3n) is 4.59. The zero-order chi connectivity index (χ0) is 20.1.